The molecule has 1 aliphatic rings. The minimum absolute atomic E-state index is 0.0495. The number of H-pyrrole nitrogens is 1. The first kappa shape index (κ1) is 12.9. The van der Waals surface area contributed by atoms with Crippen molar-refractivity contribution < 1.29 is 9.21 Å². The van der Waals surface area contributed by atoms with Crippen molar-refractivity contribution >= 4 is 5.91 Å². The van der Waals surface area contributed by atoms with Gasteiger partial charge in [-0.05, 0) is 37.8 Å². The summed E-state index contributed by atoms with van der Waals surface area (Å²) in [7, 11) is 0. The lowest BCUT2D eigenvalue weighted by atomic mass is 10.2. The van der Waals surface area contributed by atoms with Crippen molar-refractivity contribution in [3.8, 4) is 11.5 Å². The van der Waals surface area contributed by atoms with Crippen LogP contribution in [0.25, 0.3) is 11.5 Å². The summed E-state index contributed by atoms with van der Waals surface area (Å²) in [6.45, 7) is 2.33. The number of carbonyl (C=O) groups is 1. The molecule has 4 N–H and O–H groups in total. The van der Waals surface area contributed by atoms with Gasteiger partial charge in [0.2, 0.25) is 0 Å². The minimum atomic E-state index is -0.196. The lowest BCUT2D eigenvalue weighted by Crippen LogP contribution is -2.41. The van der Waals surface area contributed by atoms with Crippen LogP contribution < -0.4 is 11.1 Å². The normalized spacial score (nSPS) is 16.1. The second-order valence-electron chi connectivity index (χ2n) is 5.23. The summed E-state index contributed by atoms with van der Waals surface area (Å²) >= 11 is 0. The average molecular weight is 274 g/mol. The highest BCUT2D eigenvalue weighted by atomic mass is 16.3. The highest BCUT2D eigenvalue weighted by Gasteiger charge is 2.31. The summed E-state index contributed by atoms with van der Waals surface area (Å²) in [5, 5.41) is 9.79. The van der Waals surface area contributed by atoms with Crippen LogP contribution in [-0.2, 0) is 0 Å². The molecule has 2 heterocycles. The van der Waals surface area contributed by atoms with Crippen molar-refractivity contribution in [1.82, 2.24) is 15.5 Å². The summed E-state index contributed by atoms with van der Waals surface area (Å²) in [5.74, 6) is 1.82. The number of aryl methyl sites for hydroxylation is 1. The predicted octanol–water partition coefficient (Wildman–Crippen LogP) is 1.45. The van der Waals surface area contributed by atoms with Gasteiger partial charge in [-0.3, -0.25) is 9.89 Å². The monoisotopic (exact) mass is 274 g/mol. The van der Waals surface area contributed by atoms with E-state index < -0.39 is 0 Å². The van der Waals surface area contributed by atoms with E-state index in [2.05, 4.69) is 15.5 Å². The second kappa shape index (κ2) is 5.13. The SMILES string of the molecule is Cc1ccc(-c2cc(C(=O)NC(CN)C3CC3)n[nH]2)o1. The molecule has 0 spiro atoms. The Morgan fingerprint density at radius 2 is 2.40 bits per heavy atom. The zero-order valence-corrected chi connectivity index (χ0v) is 11.3. The van der Waals surface area contributed by atoms with Crippen molar-refractivity contribution in [2.24, 2.45) is 11.7 Å². The van der Waals surface area contributed by atoms with Gasteiger partial charge in [-0.1, -0.05) is 0 Å². The molecule has 2 aromatic heterocycles. The van der Waals surface area contributed by atoms with Crippen molar-refractivity contribution in [3.63, 3.8) is 0 Å². The Morgan fingerprint density at radius 1 is 1.60 bits per heavy atom. The fraction of sp³-hybridized carbons (Fsp3) is 0.429. The maximum atomic E-state index is 12.1. The van der Waals surface area contributed by atoms with Crippen LogP contribution in [0.3, 0.4) is 0 Å². The molecule has 0 aliphatic heterocycles. The van der Waals surface area contributed by atoms with Gasteiger partial charge in [0.1, 0.15) is 11.5 Å². The summed E-state index contributed by atoms with van der Waals surface area (Å²) in [6, 6.07) is 5.45. The zero-order valence-electron chi connectivity index (χ0n) is 11.3. The minimum Gasteiger partial charge on any atom is -0.460 e. The third-order valence-corrected chi connectivity index (χ3v) is 3.58. The molecule has 2 aromatic rings. The zero-order chi connectivity index (χ0) is 14.1. The van der Waals surface area contributed by atoms with E-state index in [4.69, 9.17) is 10.2 Å². The fourth-order valence-electron chi connectivity index (χ4n) is 2.25. The molecule has 1 fully saturated rings. The molecule has 1 amide bonds. The van der Waals surface area contributed by atoms with Gasteiger partial charge in [-0.15, -0.1) is 0 Å². The van der Waals surface area contributed by atoms with Crippen molar-refractivity contribution in [2.75, 3.05) is 6.54 Å². The largest absolute Gasteiger partial charge is 0.460 e. The number of rotatable bonds is 5. The smallest absolute Gasteiger partial charge is 0.272 e. The molecule has 1 aliphatic carbocycles. The number of hydrogen-bond acceptors (Lipinski definition) is 4. The third-order valence-electron chi connectivity index (χ3n) is 3.58. The molecule has 0 saturated heterocycles. The Morgan fingerprint density at radius 3 is 3.00 bits per heavy atom. The van der Waals surface area contributed by atoms with Gasteiger partial charge in [0.15, 0.2) is 11.5 Å². The molecule has 106 valence electrons. The third kappa shape index (κ3) is 2.60. The molecule has 0 radical (unpaired) electrons. The van der Waals surface area contributed by atoms with Crippen molar-refractivity contribution in [2.45, 2.75) is 25.8 Å². The van der Waals surface area contributed by atoms with E-state index in [9.17, 15) is 4.79 Å². The Bertz CT molecular complexity index is 612. The second-order valence-corrected chi connectivity index (χ2v) is 5.23. The van der Waals surface area contributed by atoms with E-state index in [-0.39, 0.29) is 11.9 Å². The van der Waals surface area contributed by atoms with E-state index in [1.807, 2.05) is 19.1 Å². The van der Waals surface area contributed by atoms with Gasteiger partial charge in [-0.25, -0.2) is 0 Å². The average Bonchev–Trinajstić information content (AvgIpc) is 2.99. The van der Waals surface area contributed by atoms with E-state index in [0.29, 0.717) is 29.6 Å². The van der Waals surface area contributed by atoms with Gasteiger partial charge in [0.05, 0.1) is 0 Å². The van der Waals surface area contributed by atoms with Crippen LogP contribution in [0.1, 0.15) is 29.1 Å². The first-order valence-electron chi connectivity index (χ1n) is 6.80. The van der Waals surface area contributed by atoms with E-state index in [1.165, 1.54) is 0 Å². The Labute approximate surface area is 116 Å². The molecule has 0 aromatic carbocycles. The Balaban J connectivity index is 1.71. The van der Waals surface area contributed by atoms with Gasteiger partial charge in [0, 0.05) is 18.7 Å². The number of carbonyl (C=O) groups excluding carboxylic acids is 1. The number of aromatic amines is 1. The molecule has 6 heteroatoms. The standard InChI is InChI=1S/C14H18N4O2/c1-8-2-5-13(20-8)10-6-11(18-17-10)14(19)16-12(7-15)9-3-4-9/h2,5-6,9,12H,3-4,7,15H2,1H3,(H,16,19)(H,17,18). The van der Waals surface area contributed by atoms with Crippen LogP contribution in [-0.4, -0.2) is 28.7 Å². The first-order valence-corrected chi connectivity index (χ1v) is 6.80. The predicted molar refractivity (Wildman–Crippen MR) is 74.1 cm³/mol. The number of nitrogens with zero attached hydrogens (tertiary/aromatic N) is 1. The number of furan rings is 1. The molecule has 20 heavy (non-hydrogen) atoms. The highest BCUT2D eigenvalue weighted by molar-refractivity contribution is 5.93. The molecular weight excluding hydrogens is 256 g/mol. The topological polar surface area (TPSA) is 96.9 Å². The lowest BCUT2D eigenvalue weighted by Gasteiger charge is -2.14. The van der Waals surface area contributed by atoms with Crippen LogP contribution in [0.2, 0.25) is 0 Å². The molecule has 3 rings (SSSR count). The summed E-state index contributed by atoms with van der Waals surface area (Å²) in [6.07, 6.45) is 2.28. The van der Waals surface area contributed by atoms with Gasteiger partial charge < -0.3 is 15.5 Å². The summed E-state index contributed by atoms with van der Waals surface area (Å²) < 4.78 is 5.49. The maximum Gasteiger partial charge on any atom is 0.272 e. The maximum absolute atomic E-state index is 12.1. The summed E-state index contributed by atoms with van der Waals surface area (Å²) in [5.41, 5.74) is 6.73. The Kier molecular flexibility index (Phi) is 3.31. The number of nitrogens with one attached hydrogen (secondary N) is 2. The van der Waals surface area contributed by atoms with Gasteiger partial charge >= 0.3 is 0 Å². The molecular formula is C14H18N4O2. The number of nitrogens with two attached hydrogens (primary N) is 1. The lowest BCUT2D eigenvalue weighted by molar-refractivity contribution is 0.0928. The van der Waals surface area contributed by atoms with E-state index in [1.54, 1.807) is 6.07 Å². The Hall–Kier alpha value is -2.08. The highest BCUT2D eigenvalue weighted by Crippen LogP contribution is 2.32. The molecule has 1 unspecified atom stereocenters. The van der Waals surface area contributed by atoms with Crippen molar-refractivity contribution in [3.05, 3.63) is 29.7 Å². The number of hydrogen-bond donors (Lipinski definition) is 3. The fourth-order valence-corrected chi connectivity index (χ4v) is 2.25. The van der Waals surface area contributed by atoms with Crippen LogP contribution in [0.4, 0.5) is 0 Å². The van der Waals surface area contributed by atoms with Gasteiger partial charge in [0.25, 0.3) is 5.91 Å². The molecule has 1 atom stereocenters. The van der Waals surface area contributed by atoms with Gasteiger partial charge in [-0.2, -0.15) is 5.10 Å². The molecule has 6 nitrogen and oxygen atoms in total. The van der Waals surface area contributed by atoms with Crippen LogP contribution >= 0.6 is 0 Å². The first-order chi connectivity index (χ1) is 9.67. The van der Waals surface area contributed by atoms with E-state index in [0.717, 1.165) is 18.6 Å². The molecule has 0 bridgehead atoms. The van der Waals surface area contributed by atoms with Crippen LogP contribution in [0.15, 0.2) is 22.6 Å². The number of amides is 1. The summed E-state index contributed by atoms with van der Waals surface area (Å²) in [4.78, 5) is 12.1. The van der Waals surface area contributed by atoms with E-state index >= 15 is 0 Å². The number of aromatic nitrogens is 2. The van der Waals surface area contributed by atoms with Crippen molar-refractivity contribution in [1.29, 1.82) is 0 Å². The molecule has 1 saturated carbocycles. The van der Waals surface area contributed by atoms with Crippen LogP contribution in [0, 0.1) is 12.8 Å². The quantitative estimate of drug-likeness (QED) is 0.768. The van der Waals surface area contributed by atoms with Crippen LogP contribution in [0.5, 0.6) is 0 Å².